The molecular formula is C22H26N2O3. The fraction of sp³-hybridized carbons (Fsp3) is 0.409. The standard InChI is InChI=1S/C22H26N2O3/c25-22(9-7-17-6-8-20-21(14-17)27-16-26-20)23-19-10-12-24(13-11-19)15-18-4-2-1-3-5-18/h1-6,8,14,19H,7,9-13,15-16H2,(H,23,25). The average Bonchev–Trinajstić information content (AvgIpc) is 3.17. The lowest BCUT2D eigenvalue weighted by Gasteiger charge is -2.32. The normalized spacial score (nSPS) is 17.0. The van der Waals surface area contributed by atoms with E-state index in [0.717, 1.165) is 56.0 Å². The molecule has 4 rings (SSSR count). The van der Waals surface area contributed by atoms with Crippen LogP contribution in [-0.4, -0.2) is 36.7 Å². The third-order valence-corrected chi connectivity index (χ3v) is 5.28. The van der Waals surface area contributed by atoms with Gasteiger partial charge in [0.05, 0.1) is 0 Å². The fourth-order valence-electron chi connectivity index (χ4n) is 3.73. The van der Waals surface area contributed by atoms with Gasteiger partial charge < -0.3 is 14.8 Å². The van der Waals surface area contributed by atoms with E-state index in [0.29, 0.717) is 12.5 Å². The molecule has 142 valence electrons. The van der Waals surface area contributed by atoms with Gasteiger partial charge in [-0.05, 0) is 42.5 Å². The zero-order valence-corrected chi connectivity index (χ0v) is 15.5. The minimum absolute atomic E-state index is 0.133. The minimum Gasteiger partial charge on any atom is -0.454 e. The number of benzene rings is 2. The van der Waals surface area contributed by atoms with Gasteiger partial charge in [0, 0.05) is 32.1 Å². The number of hydrogen-bond acceptors (Lipinski definition) is 4. The van der Waals surface area contributed by atoms with Gasteiger partial charge in [0.2, 0.25) is 12.7 Å². The number of nitrogens with zero attached hydrogens (tertiary/aromatic N) is 1. The summed E-state index contributed by atoms with van der Waals surface area (Å²) in [5.74, 6) is 1.69. The summed E-state index contributed by atoms with van der Waals surface area (Å²) in [6.45, 7) is 3.33. The van der Waals surface area contributed by atoms with Crippen LogP contribution in [0, 0.1) is 0 Å². The number of likely N-dealkylation sites (tertiary alicyclic amines) is 1. The molecule has 0 aliphatic carbocycles. The van der Waals surface area contributed by atoms with E-state index in [1.165, 1.54) is 5.56 Å². The first-order chi connectivity index (χ1) is 13.3. The first-order valence-electron chi connectivity index (χ1n) is 9.70. The molecule has 0 aromatic heterocycles. The molecule has 0 radical (unpaired) electrons. The summed E-state index contributed by atoms with van der Waals surface area (Å²) >= 11 is 0. The van der Waals surface area contributed by atoms with E-state index in [9.17, 15) is 4.79 Å². The van der Waals surface area contributed by atoms with E-state index in [1.807, 2.05) is 18.2 Å². The van der Waals surface area contributed by atoms with Crippen LogP contribution in [0.15, 0.2) is 48.5 Å². The summed E-state index contributed by atoms with van der Waals surface area (Å²) in [5.41, 5.74) is 2.45. The van der Waals surface area contributed by atoms with Gasteiger partial charge in [0.15, 0.2) is 11.5 Å². The lowest BCUT2D eigenvalue weighted by molar-refractivity contribution is -0.122. The van der Waals surface area contributed by atoms with Crippen LogP contribution in [-0.2, 0) is 17.8 Å². The molecule has 2 heterocycles. The van der Waals surface area contributed by atoms with Gasteiger partial charge in [0.25, 0.3) is 0 Å². The maximum absolute atomic E-state index is 12.3. The molecular weight excluding hydrogens is 340 g/mol. The summed E-state index contributed by atoms with van der Waals surface area (Å²) in [4.78, 5) is 14.8. The number of carbonyl (C=O) groups excluding carboxylic acids is 1. The molecule has 0 unspecified atom stereocenters. The average molecular weight is 366 g/mol. The molecule has 1 fully saturated rings. The molecule has 1 N–H and O–H groups in total. The van der Waals surface area contributed by atoms with E-state index in [-0.39, 0.29) is 12.7 Å². The van der Waals surface area contributed by atoms with Crippen LogP contribution in [0.1, 0.15) is 30.4 Å². The van der Waals surface area contributed by atoms with Crippen LogP contribution in [0.3, 0.4) is 0 Å². The molecule has 27 heavy (non-hydrogen) atoms. The van der Waals surface area contributed by atoms with Crippen molar-refractivity contribution in [3.05, 3.63) is 59.7 Å². The first kappa shape index (κ1) is 17.9. The SMILES string of the molecule is O=C(CCc1ccc2c(c1)OCO2)NC1CCN(Cc2ccccc2)CC1. The summed E-state index contributed by atoms with van der Waals surface area (Å²) in [5, 5.41) is 3.20. The number of aryl methyl sites for hydroxylation is 1. The van der Waals surface area contributed by atoms with Crippen molar-refractivity contribution in [2.45, 2.75) is 38.3 Å². The van der Waals surface area contributed by atoms with Crippen LogP contribution in [0.4, 0.5) is 0 Å². The lowest BCUT2D eigenvalue weighted by Crippen LogP contribution is -2.44. The van der Waals surface area contributed by atoms with Gasteiger partial charge in [-0.1, -0.05) is 36.4 Å². The molecule has 2 aromatic rings. The maximum atomic E-state index is 12.3. The van der Waals surface area contributed by atoms with Crippen molar-refractivity contribution in [3.63, 3.8) is 0 Å². The third-order valence-electron chi connectivity index (χ3n) is 5.28. The second-order valence-corrected chi connectivity index (χ2v) is 7.29. The predicted octanol–water partition coefficient (Wildman–Crippen LogP) is 3.13. The van der Waals surface area contributed by atoms with Crippen molar-refractivity contribution in [3.8, 4) is 11.5 Å². The van der Waals surface area contributed by atoms with Gasteiger partial charge >= 0.3 is 0 Å². The summed E-state index contributed by atoms with van der Waals surface area (Å²) in [6.07, 6.45) is 3.25. The van der Waals surface area contributed by atoms with Crippen molar-refractivity contribution in [1.29, 1.82) is 0 Å². The zero-order chi connectivity index (χ0) is 18.5. The number of carbonyl (C=O) groups is 1. The van der Waals surface area contributed by atoms with E-state index in [4.69, 9.17) is 9.47 Å². The molecule has 2 aliphatic heterocycles. The Hall–Kier alpha value is -2.53. The Morgan fingerprint density at radius 3 is 2.59 bits per heavy atom. The highest BCUT2D eigenvalue weighted by Crippen LogP contribution is 2.32. The number of amides is 1. The molecule has 0 saturated carbocycles. The minimum atomic E-state index is 0.133. The number of nitrogens with one attached hydrogen (secondary N) is 1. The molecule has 0 spiro atoms. The Morgan fingerprint density at radius 1 is 1.00 bits per heavy atom. The summed E-state index contributed by atoms with van der Waals surface area (Å²) < 4.78 is 10.7. The van der Waals surface area contributed by atoms with Crippen molar-refractivity contribution in [2.24, 2.45) is 0 Å². The molecule has 0 bridgehead atoms. The second-order valence-electron chi connectivity index (χ2n) is 7.29. The van der Waals surface area contributed by atoms with Crippen LogP contribution in [0.25, 0.3) is 0 Å². The van der Waals surface area contributed by atoms with Gasteiger partial charge in [0.1, 0.15) is 0 Å². The molecule has 2 aliphatic rings. The van der Waals surface area contributed by atoms with Crippen LogP contribution in [0.2, 0.25) is 0 Å². The van der Waals surface area contributed by atoms with Gasteiger partial charge in [-0.3, -0.25) is 9.69 Å². The molecule has 2 aromatic carbocycles. The van der Waals surface area contributed by atoms with Crippen LogP contribution in [0.5, 0.6) is 11.5 Å². The van der Waals surface area contributed by atoms with Crippen molar-refractivity contribution in [1.82, 2.24) is 10.2 Å². The summed E-state index contributed by atoms with van der Waals surface area (Å²) in [6, 6.07) is 16.7. The van der Waals surface area contributed by atoms with E-state index >= 15 is 0 Å². The van der Waals surface area contributed by atoms with E-state index in [1.54, 1.807) is 0 Å². The topological polar surface area (TPSA) is 50.8 Å². The quantitative estimate of drug-likeness (QED) is 0.853. The second kappa shape index (κ2) is 8.44. The number of ether oxygens (including phenoxy) is 2. The number of fused-ring (bicyclic) bond motifs is 1. The highest BCUT2D eigenvalue weighted by Gasteiger charge is 2.21. The Morgan fingerprint density at radius 2 is 1.78 bits per heavy atom. The highest BCUT2D eigenvalue weighted by atomic mass is 16.7. The lowest BCUT2D eigenvalue weighted by atomic mass is 10.0. The first-order valence-corrected chi connectivity index (χ1v) is 9.70. The zero-order valence-electron chi connectivity index (χ0n) is 15.5. The van der Waals surface area contributed by atoms with Gasteiger partial charge in [-0.25, -0.2) is 0 Å². The monoisotopic (exact) mass is 366 g/mol. The maximum Gasteiger partial charge on any atom is 0.231 e. The Kier molecular flexibility index (Phi) is 5.58. The molecule has 5 nitrogen and oxygen atoms in total. The highest BCUT2D eigenvalue weighted by molar-refractivity contribution is 5.76. The molecule has 0 atom stereocenters. The fourth-order valence-corrected chi connectivity index (χ4v) is 3.73. The van der Waals surface area contributed by atoms with E-state index in [2.05, 4.69) is 40.5 Å². The largest absolute Gasteiger partial charge is 0.454 e. The van der Waals surface area contributed by atoms with E-state index < -0.39 is 0 Å². The van der Waals surface area contributed by atoms with Crippen molar-refractivity contribution >= 4 is 5.91 Å². The number of piperidine rings is 1. The Bertz CT molecular complexity index is 770. The Labute approximate surface area is 160 Å². The molecule has 1 amide bonds. The van der Waals surface area contributed by atoms with Gasteiger partial charge in [-0.2, -0.15) is 0 Å². The summed E-state index contributed by atoms with van der Waals surface area (Å²) in [7, 11) is 0. The molecule has 1 saturated heterocycles. The van der Waals surface area contributed by atoms with Crippen LogP contribution < -0.4 is 14.8 Å². The van der Waals surface area contributed by atoms with Gasteiger partial charge in [-0.15, -0.1) is 0 Å². The smallest absolute Gasteiger partial charge is 0.231 e. The predicted molar refractivity (Wildman–Crippen MR) is 104 cm³/mol. The Balaban J connectivity index is 1.18. The van der Waals surface area contributed by atoms with Crippen molar-refractivity contribution < 1.29 is 14.3 Å². The molecule has 5 heteroatoms. The third kappa shape index (κ3) is 4.80. The number of rotatable bonds is 6. The number of hydrogen-bond donors (Lipinski definition) is 1. The van der Waals surface area contributed by atoms with Crippen LogP contribution >= 0.6 is 0 Å². The van der Waals surface area contributed by atoms with Crippen molar-refractivity contribution in [2.75, 3.05) is 19.9 Å².